The third kappa shape index (κ3) is 4.94. The largest absolute Gasteiger partial charge is 0.467 e. The maximum atomic E-state index is 12.4. The van der Waals surface area contributed by atoms with Crippen molar-refractivity contribution in [3.8, 4) is 0 Å². The molecule has 0 saturated heterocycles. The van der Waals surface area contributed by atoms with Gasteiger partial charge < -0.3 is 9.64 Å². The molecular formula is C16H27N3O3. The van der Waals surface area contributed by atoms with Crippen LogP contribution in [0.15, 0.2) is 11.0 Å². The topological polar surface area (TPSA) is 64.4 Å². The van der Waals surface area contributed by atoms with Gasteiger partial charge in [0.2, 0.25) is 0 Å². The van der Waals surface area contributed by atoms with Crippen LogP contribution in [0, 0.1) is 12.8 Å². The maximum absolute atomic E-state index is 12.4. The van der Waals surface area contributed by atoms with E-state index < -0.39 is 6.04 Å². The molecule has 0 aliphatic heterocycles. The smallest absolute Gasteiger partial charge is 0.328 e. The minimum absolute atomic E-state index is 0.232. The number of aromatic nitrogens is 2. The number of likely N-dealkylation sites (N-methyl/N-ethyl adjacent to an activating group) is 1. The molecule has 22 heavy (non-hydrogen) atoms. The molecule has 124 valence electrons. The minimum Gasteiger partial charge on any atom is -0.467 e. The summed E-state index contributed by atoms with van der Waals surface area (Å²) < 4.78 is 6.36. The summed E-state index contributed by atoms with van der Waals surface area (Å²) >= 11 is 0. The third-order valence-corrected chi connectivity index (χ3v) is 3.46. The van der Waals surface area contributed by atoms with Crippen molar-refractivity contribution >= 4 is 5.97 Å². The van der Waals surface area contributed by atoms with Crippen LogP contribution in [0.2, 0.25) is 0 Å². The highest BCUT2D eigenvalue weighted by Crippen LogP contribution is 2.18. The first-order valence-electron chi connectivity index (χ1n) is 7.57. The molecule has 0 fully saturated rings. The summed E-state index contributed by atoms with van der Waals surface area (Å²) in [4.78, 5) is 30.9. The van der Waals surface area contributed by atoms with Crippen LogP contribution < -0.4 is 5.56 Å². The Morgan fingerprint density at radius 1 is 1.41 bits per heavy atom. The van der Waals surface area contributed by atoms with E-state index in [2.05, 4.69) is 9.88 Å². The van der Waals surface area contributed by atoms with Crippen LogP contribution in [0.4, 0.5) is 0 Å². The lowest BCUT2D eigenvalue weighted by Gasteiger charge is -2.20. The van der Waals surface area contributed by atoms with Crippen molar-refractivity contribution in [1.82, 2.24) is 14.5 Å². The second-order valence-electron chi connectivity index (χ2n) is 6.25. The van der Waals surface area contributed by atoms with Gasteiger partial charge in [-0.15, -0.1) is 0 Å². The standard InChI is InChI=1S/C16H27N3O3/c1-11(2)9-14(16(21)22-6)19-10-13(7-8-18(4)5)17-12(3)15(19)20/h10-11,14H,7-9H2,1-6H3/t14-/m0/s1. The normalized spacial score (nSPS) is 12.7. The van der Waals surface area contributed by atoms with E-state index in [0.29, 0.717) is 12.1 Å². The number of aryl methyl sites for hydroxylation is 1. The van der Waals surface area contributed by atoms with Crippen LogP contribution in [-0.2, 0) is 16.0 Å². The molecule has 0 N–H and O–H groups in total. The van der Waals surface area contributed by atoms with Crippen LogP contribution in [-0.4, -0.2) is 48.2 Å². The molecule has 6 nitrogen and oxygen atoms in total. The van der Waals surface area contributed by atoms with E-state index >= 15 is 0 Å². The summed E-state index contributed by atoms with van der Waals surface area (Å²) in [7, 11) is 5.32. The van der Waals surface area contributed by atoms with Crippen molar-refractivity contribution in [3.05, 3.63) is 27.9 Å². The molecule has 1 aromatic heterocycles. The molecule has 0 aliphatic carbocycles. The van der Waals surface area contributed by atoms with E-state index in [1.165, 1.54) is 11.7 Å². The average molecular weight is 309 g/mol. The maximum Gasteiger partial charge on any atom is 0.328 e. The molecule has 0 aliphatic rings. The highest BCUT2D eigenvalue weighted by Gasteiger charge is 2.24. The summed E-state index contributed by atoms with van der Waals surface area (Å²) in [5.41, 5.74) is 0.988. The second-order valence-corrected chi connectivity index (χ2v) is 6.25. The molecule has 1 aromatic rings. The average Bonchev–Trinajstić information content (AvgIpc) is 2.45. The molecule has 1 heterocycles. The molecule has 0 bridgehead atoms. The van der Waals surface area contributed by atoms with Crippen LogP contribution in [0.1, 0.15) is 37.7 Å². The van der Waals surface area contributed by atoms with Crippen molar-refractivity contribution in [3.63, 3.8) is 0 Å². The third-order valence-electron chi connectivity index (χ3n) is 3.46. The Labute approximate surface area is 132 Å². The van der Waals surface area contributed by atoms with Gasteiger partial charge in [-0.1, -0.05) is 13.8 Å². The molecular weight excluding hydrogens is 282 g/mol. The molecule has 0 amide bonds. The fraction of sp³-hybridized carbons (Fsp3) is 0.688. The van der Waals surface area contributed by atoms with Gasteiger partial charge in [0.25, 0.3) is 5.56 Å². The molecule has 0 spiro atoms. The highest BCUT2D eigenvalue weighted by atomic mass is 16.5. The number of hydrogen-bond donors (Lipinski definition) is 0. The molecule has 0 saturated carbocycles. The number of rotatable bonds is 7. The Kier molecular flexibility index (Phi) is 6.74. The quantitative estimate of drug-likeness (QED) is 0.713. The fourth-order valence-electron chi connectivity index (χ4n) is 2.29. The van der Waals surface area contributed by atoms with E-state index in [0.717, 1.165) is 18.7 Å². The zero-order chi connectivity index (χ0) is 16.9. The minimum atomic E-state index is -0.600. The lowest BCUT2D eigenvalue weighted by Crippen LogP contribution is -2.34. The summed E-state index contributed by atoms with van der Waals surface area (Å²) in [6.07, 6.45) is 2.98. The first-order valence-corrected chi connectivity index (χ1v) is 7.57. The van der Waals surface area contributed by atoms with Crippen LogP contribution in [0.5, 0.6) is 0 Å². The highest BCUT2D eigenvalue weighted by molar-refractivity contribution is 5.74. The Morgan fingerprint density at radius 2 is 2.05 bits per heavy atom. The number of methoxy groups -OCH3 is 1. The van der Waals surface area contributed by atoms with Crippen molar-refractivity contribution in [2.75, 3.05) is 27.7 Å². The number of esters is 1. The predicted octanol–water partition coefficient (Wildman–Crippen LogP) is 1.42. The molecule has 6 heteroatoms. The molecule has 0 radical (unpaired) electrons. The van der Waals surface area contributed by atoms with E-state index in [-0.39, 0.29) is 17.4 Å². The number of hydrogen-bond acceptors (Lipinski definition) is 5. The molecule has 1 atom stereocenters. The van der Waals surface area contributed by atoms with Gasteiger partial charge in [0.15, 0.2) is 0 Å². The first kappa shape index (κ1) is 18.4. The van der Waals surface area contributed by atoms with Gasteiger partial charge in [-0.05, 0) is 33.4 Å². The van der Waals surface area contributed by atoms with E-state index in [9.17, 15) is 9.59 Å². The summed E-state index contributed by atoms with van der Waals surface area (Å²) in [5.74, 6) is -0.116. The number of nitrogens with zero attached hydrogens (tertiary/aromatic N) is 3. The zero-order valence-electron chi connectivity index (χ0n) is 14.4. The summed E-state index contributed by atoms with van der Waals surface area (Å²) in [5, 5.41) is 0. The first-order chi connectivity index (χ1) is 10.3. The van der Waals surface area contributed by atoms with Gasteiger partial charge in [-0.3, -0.25) is 14.3 Å². The Hall–Kier alpha value is -1.69. The molecule has 0 aromatic carbocycles. The van der Waals surface area contributed by atoms with Gasteiger partial charge in [0, 0.05) is 19.2 Å². The van der Waals surface area contributed by atoms with E-state index in [4.69, 9.17) is 4.74 Å². The molecule has 0 unspecified atom stereocenters. The van der Waals surface area contributed by atoms with Crippen molar-refractivity contribution < 1.29 is 9.53 Å². The zero-order valence-corrected chi connectivity index (χ0v) is 14.4. The van der Waals surface area contributed by atoms with Gasteiger partial charge in [-0.25, -0.2) is 4.79 Å². The van der Waals surface area contributed by atoms with Gasteiger partial charge >= 0.3 is 5.97 Å². The summed E-state index contributed by atoms with van der Waals surface area (Å²) in [6, 6.07) is -0.600. The van der Waals surface area contributed by atoms with Gasteiger partial charge in [0.1, 0.15) is 11.7 Å². The van der Waals surface area contributed by atoms with E-state index in [1.54, 1.807) is 13.1 Å². The van der Waals surface area contributed by atoms with Crippen LogP contribution in [0.25, 0.3) is 0 Å². The second kappa shape index (κ2) is 8.08. The van der Waals surface area contributed by atoms with Gasteiger partial charge in [-0.2, -0.15) is 0 Å². The number of carbonyl (C=O) groups excluding carboxylic acids is 1. The number of carbonyl (C=O) groups is 1. The Balaban J connectivity index is 3.23. The number of ether oxygens (including phenoxy) is 1. The van der Waals surface area contributed by atoms with Gasteiger partial charge in [0.05, 0.1) is 12.8 Å². The van der Waals surface area contributed by atoms with Crippen LogP contribution >= 0.6 is 0 Å². The van der Waals surface area contributed by atoms with Crippen LogP contribution in [0.3, 0.4) is 0 Å². The molecule has 1 rings (SSSR count). The SMILES string of the molecule is COC(=O)[C@H](CC(C)C)n1cc(CCN(C)C)nc(C)c1=O. The predicted molar refractivity (Wildman–Crippen MR) is 86.0 cm³/mol. The Bertz CT molecular complexity index is 564. The summed E-state index contributed by atoms with van der Waals surface area (Å²) in [6.45, 7) is 6.55. The monoisotopic (exact) mass is 309 g/mol. The fourth-order valence-corrected chi connectivity index (χ4v) is 2.29. The Morgan fingerprint density at radius 3 is 2.55 bits per heavy atom. The lowest BCUT2D eigenvalue weighted by molar-refractivity contribution is -0.145. The van der Waals surface area contributed by atoms with Crippen molar-refractivity contribution in [1.29, 1.82) is 0 Å². The van der Waals surface area contributed by atoms with Crippen molar-refractivity contribution in [2.24, 2.45) is 5.92 Å². The van der Waals surface area contributed by atoms with E-state index in [1.807, 2.05) is 27.9 Å². The van der Waals surface area contributed by atoms with Crippen molar-refractivity contribution in [2.45, 2.75) is 39.7 Å². The lowest BCUT2D eigenvalue weighted by atomic mass is 10.0.